The van der Waals surface area contributed by atoms with Crippen molar-refractivity contribution in [3.05, 3.63) is 83.7 Å². The minimum absolute atomic E-state index is 0.0240. The molecule has 0 saturated carbocycles. The Kier molecular flexibility index (Phi) is 7.88. The molecule has 3 heterocycles. The maximum Gasteiger partial charge on any atom is 0.260 e. The van der Waals surface area contributed by atoms with E-state index in [1.807, 2.05) is 37.3 Å². The summed E-state index contributed by atoms with van der Waals surface area (Å²) in [5.74, 6) is -0.249. The first-order chi connectivity index (χ1) is 18.4. The number of benzene rings is 2. The highest BCUT2D eigenvalue weighted by molar-refractivity contribution is 7.89. The molecule has 4 aromatic rings. The summed E-state index contributed by atoms with van der Waals surface area (Å²) in [7, 11) is -3.62. The van der Waals surface area contributed by atoms with E-state index in [9.17, 15) is 13.2 Å². The summed E-state index contributed by atoms with van der Waals surface area (Å²) in [5.41, 5.74) is 3.18. The number of hydrogen-bond donors (Lipinski definition) is 0. The van der Waals surface area contributed by atoms with E-state index in [1.165, 1.54) is 11.3 Å². The molecular weight excluding hydrogens is 516 g/mol. The zero-order chi connectivity index (χ0) is 26.7. The highest BCUT2D eigenvalue weighted by Gasteiger charge is 2.32. The van der Waals surface area contributed by atoms with Crippen LogP contribution in [0.15, 0.2) is 71.8 Å². The molecule has 1 unspecified atom stereocenters. The van der Waals surface area contributed by atoms with Gasteiger partial charge in [0, 0.05) is 24.3 Å². The number of fused-ring (bicyclic) bond motifs is 1. The number of nitrogens with zero attached hydrogens (tertiary/aromatic N) is 4. The Hall–Kier alpha value is -3.14. The molecule has 7 nitrogen and oxygen atoms in total. The Morgan fingerprint density at radius 1 is 1.05 bits per heavy atom. The van der Waals surface area contributed by atoms with E-state index < -0.39 is 10.0 Å². The summed E-state index contributed by atoms with van der Waals surface area (Å²) in [5, 5.41) is 0.590. The summed E-state index contributed by atoms with van der Waals surface area (Å²) in [6, 6.07) is 18.0. The van der Waals surface area contributed by atoms with Gasteiger partial charge in [0.05, 0.1) is 27.4 Å². The average Bonchev–Trinajstić information content (AvgIpc) is 3.40. The number of sulfonamides is 1. The standard InChI is InChI=1S/C29H32N4O3S2/c1-3-21-10-9-13-26-27(21)31-29(37-26)32(20-23-11-5-7-18-30-23)28(34)22-14-16-25(17-15-22)38(35,36)33-19-8-6-12-24(33)4-2/h5,7,9-11,13-18,24H,3-4,6,8,12,19-20H2,1-2H3. The van der Waals surface area contributed by atoms with Crippen LogP contribution >= 0.6 is 11.3 Å². The maximum absolute atomic E-state index is 13.8. The molecule has 0 spiro atoms. The van der Waals surface area contributed by atoms with E-state index in [0.717, 1.165) is 53.6 Å². The molecule has 1 aliphatic rings. The van der Waals surface area contributed by atoms with E-state index in [1.54, 1.807) is 39.7 Å². The van der Waals surface area contributed by atoms with Gasteiger partial charge < -0.3 is 0 Å². The van der Waals surface area contributed by atoms with Crippen molar-refractivity contribution in [1.82, 2.24) is 14.3 Å². The molecule has 1 fully saturated rings. The lowest BCUT2D eigenvalue weighted by Crippen LogP contribution is -2.43. The molecule has 0 radical (unpaired) electrons. The predicted octanol–water partition coefficient (Wildman–Crippen LogP) is 6.05. The average molecular weight is 549 g/mol. The molecule has 5 rings (SSSR count). The summed E-state index contributed by atoms with van der Waals surface area (Å²) in [6.45, 7) is 4.92. The number of anilines is 1. The highest BCUT2D eigenvalue weighted by atomic mass is 32.2. The number of rotatable bonds is 8. The fraction of sp³-hybridized carbons (Fsp3) is 0.345. The van der Waals surface area contributed by atoms with Gasteiger partial charge in [0.15, 0.2) is 5.13 Å². The number of para-hydroxylation sites is 1. The van der Waals surface area contributed by atoms with Crippen LogP contribution in [0, 0.1) is 0 Å². The second-order valence-corrected chi connectivity index (χ2v) is 12.4. The van der Waals surface area contributed by atoms with Gasteiger partial charge in [0.25, 0.3) is 5.91 Å². The zero-order valence-corrected chi connectivity index (χ0v) is 23.3. The van der Waals surface area contributed by atoms with E-state index in [4.69, 9.17) is 4.98 Å². The van der Waals surface area contributed by atoms with Crippen LogP contribution in [0.1, 0.15) is 61.1 Å². The largest absolute Gasteiger partial charge is 0.278 e. The van der Waals surface area contributed by atoms with Crippen LogP contribution in [0.2, 0.25) is 0 Å². The smallest absolute Gasteiger partial charge is 0.260 e. The molecule has 38 heavy (non-hydrogen) atoms. The summed E-state index contributed by atoms with van der Waals surface area (Å²) >= 11 is 1.47. The number of pyridine rings is 1. The number of hydrogen-bond acceptors (Lipinski definition) is 6. The lowest BCUT2D eigenvalue weighted by Gasteiger charge is -2.34. The number of piperidine rings is 1. The van der Waals surface area contributed by atoms with Crippen molar-refractivity contribution in [1.29, 1.82) is 0 Å². The normalized spacial score (nSPS) is 16.5. The Balaban J connectivity index is 1.48. The van der Waals surface area contributed by atoms with Crippen LogP contribution in [0.25, 0.3) is 10.2 Å². The Morgan fingerprint density at radius 3 is 2.58 bits per heavy atom. The summed E-state index contributed by atoms with van der Waals surface area (Å²) < 4.78 is 29.5. The van der Waals surface area contributed by atoms with Crippen molar-refractivity contribution < 1.29 is 13.2 Å². The van der Waals surface area contributed by atoms with Gasteiger partial charge in [0.2, 0.25) is 10.0 Å². The van der Waals surface area contributed by atoms with Crippen LogP contribution in [-0.2, 0) is 23.0 Å². The van der Waals surface area contributed by atoms with Gasteiger partial charge in [-0.1, -0.05) is 49.8 Å². The van der Waals surface area contributed by atoms with Crippen LogP contribution in [0.5, 0.6) is 0 Å². The molecule has 2 aromatic carbocycles. The maximum atomic E-state index is 13.8. The molecule has 9 heteroatoms. The first-order valence-electron chi connectivity index (χ1n) is 13.1. The van der Waals surface area contributed by atoms with Crippen molar-refractivity contribution in [2.45, 2.75) is 63.4 Å². The molecular formula is C29H32N4O3S2. The number of aromatic nitrogens is 2. The van der Waals surface area contributed by atoms with Crippen LogP contribution in [0.3, 0.4) is 0 Å². The third-order valence-corrected chi connectivity index (χ3v) is 10.2. The van der Waals surface area contributed by atoms with E-state index >= 15 is 0 Å². The minimum Gasteiger partial charge on any atom is -0.278 e. The third-order valence-electron chi connectivity index (χ3n) is 7.15. The zero-order valence-electron chi connectivity index (χ0n) is 21.7. The lowest BCUT2D eigenvalue weighted by atomic mass is 10.0. The van der Waals surface area contributed by atoms with Crippen LogP contribution < -0.4 is 4.90 Å². The number of amides is 1. The molecule has 1 atom stereocenters. The van der Waals surface area contributed by atoms with Gasteiger partial charge in [-0.25, -0.2) is 13.4 Å². The van der Waals surface area contributed by atoms with Gasteiger partial charge in [0.1, 0.15) is 0 Å². The SMILES string of the molecule is CCc1cccc2sc(N(Cc3ccccn3)C(=O)c3ccc(S(=O)(=O)N4CCCCC4CC)cc3)nc12. The highest BCUT2D eigenvalue weighted by Crippen LogP contribution is 2.33. The van der Waals surface area contributed by atoms with Gasteiger partial charge in [-0.15, -0.1) is 0 Å². The molecule has 1 amide bonds. The predicted molar refractivity (Wildman–Crippen MR) is 152 cm³/mol. The quantitative estimate of drug-likeness (QED) is 0.268. The first kappa shape index (κ1) is 26.5. The molecule has 1 saturated heterocycles. The summed E-state index contributed by atoms with van der Waals surface area (Å²) in [4.78, 5) is 25.0. The third kappa shape index (κ3) is 5.23. The topological polar surface area (TPSA) is 83.5 Å². The van der Waals surface area contributed by atoms with Crippen molar-refractivity contribution in [2.24, 2.45) is 0 Å². The lowest BCUT2D eigenvalue weighted by molar-refractivity contribution is 0.0984. The van der Waals surface area contributed by atoms with Crippen molar-refractivity contribution in [3.63, 3.8) is 0 Å². The Labute approximate surface area is 228 Å². The summed E-state index contributed by atoms with van der Waals surface area (Å²) in [6.07, 6.45) is 6.15. The number of carbonyl (C=O) groups is 1. The Bertz CT molecular complexity index is 1520. The fourth-order valence-corrected chi connectivity index (χ4v) is 7.81. The number of thiazole rings is 1. The number of aryl methyl sites for hydroxylation is 1. The van der Waals surface area contributed by atoms with E-state index in [0.29, 0.717) is 17.2 Å². The molecule has 0 N–H and O–H groups in total. The van der Waals surface area contributed by atoms with Gasteiger partial charge in [-0.3, -0.25) is 14.7 Å². The van der Waals surface area contributed by atoms with Gasteiger partial charge >= 0.3 is 0 Å². The van der Waals surface area contributed by atoms with Crippen molar-refractivity contribution >= 4 is 42.6 Å². The van der Waals surface area contributed by atoms with Crippen molar-refractivity contribution in [2.75, 3.05) is 11.4 Å². The number of carbonyl (C=O) groups excluding carboxylic acids is 1. The molecule has 198 valence electrons. The first-order valence-corrected chi connectivity index (χ1v) is 15.4. The minimum atomic E-state index is -3.62. The molecule has 2 aromatic heterocycles. The van der Waals surface area contributed by atoms with E-state index in [-0.39, 0.29) is 23.4 Å². The van der Waals surface area contributed by atoms with Crippen LogP contribution in [0.4, 0.5) is 5.13 Å². The van der Waals surface area contributed by atoms with Gasteiger partial charge in [-0.2, -0.15) is 4.31 Å². The monoisotopic (exact) mass is 548 g/mol. The molecule has 1 aliphatic heterocycles. The second kappa shape index (κ2) is 11.3. The molecule has 0 aliphatic carbocycles. The van der Waals surface area contributed by atoms with Crippen LogP contribution in [-0.4, -0.2) is 41.2 Å². The van der Waals surface area contributed by atoms with Gasteiger partial charge in [-0.05, 0) is 73.7 Å². The van der Waals surface area contributed by atoms with E-state index in [2.05, 4.69) is 18.0 Å². The fourth-order valence-electron chi connectivity index (χ4n) is 5.03. The van der Waals surface area contributed by atoms with Crippen molar-refractivity contribution in [3.8, 4) is 0 Å². The Morgan fingerprint density at radius 2 is 1.87 bits per heavy atom. The molecule has 0 bridgehead atoms. The second-order valence-electron chi connectivity index (χ2n) is 9.52.